The summed E-state index contributed by atoms with van der Waals surface area (Å²) in [7, 11) is 0. The Kier molecular flexibility index (Phi) is 2.73. The molecule has 0 bridgehead atoms. The van der Waals surface area contributed by atoms with Crippen molar-refractivity contribution in [2.45, 2.75) is 6.04 Å². The summed E-state index contributed by atoms with van der Waals surface area (Å²) in [6.07, 6.45) is 1.65. The van der Waals surface area contributed by atoms with Crippen LogP contribution in [0, 0.1) is 0 Å². The Balaban J connectivity index is 2.13. The summed E-state index contributed by atoms with van der Waals surface area (Å²) in [5.41, 5.74) is 0. The summed E-state index contributed by atoms with van der Waals surface area (Å²) < 4.78 is 0. The summed E-state index contributed by atoms with van der Waals surface area (Å²) in [5.74, 6) is -0.761. The number of fused-ring (bicyclic) bond motifs is 1. The third-order valence-corrected chi connectivity index (χ3v) is 2.86. The molecule has 2 aliphatic rings. The second kappa shape index (κ2) is 4.02. The molecular weight excluding hydrogens is 194 g/mol. The van der Waals surface area contributed by atoms with E-state index in [9.17, 15) is 9.59 Å². The van der Waals surface area contributed by atoms with Gasteiger partial charge in [0.15, 0.2) is 0 Å². The molecule has 0 radical (unpaired) electrons. The van der Waals surface area contributed by atoms with Gasteiger partial charge in [-0.25, -0.2) is 0 Å². The summed E-state index contributed by atoms with van der Waals surface area (Å²) in [6, 6.07) is 0.129. The molecule has 0 aromatic rings. The molecule has 15 heavy (non-hydrogen) atoms. The van der Waals surface area contributed by atoms with E-state index in [0.717, 1.165) is 13.1 Å². The van der Waals surface area contributed by atoms with Crippen LogP contribution in [0.15, 0.2) is 12.7 Å². The Labute approximate surface area is 88.7 Å². The number of piperazine rings is 2. The number of amides is 2. The fourth-order valence-electron chi connectivity index (χ4n) is 2.10. The van der Waals surface area contributed by atoms with Gasteiger partial charge in [0, 0.05) is 32.7 Å². The zero-order valence-corrected chi connectivity index (χ0v) is 8.61. The minimum absolute atomic E-state index is 0.129. The van der Waals surface area contributed by atoms with E-state index in [1.54, 1.807) is 15.9 Å². The highest BCUT2D eigenvalue weighted by Crippen LogP contribution is 2.13. The highest BCUT2D eigenvalue weighted by molar-refractivity contribution is 6.35. The van der Waals surface area contributed by atoms with Crippen LogP contribution in [0.5, 0.6) is 0 Å². The maximum absolute atomic E-state index is 11.7. The smallest absolute Gasteiger partial charge is 0.312 e. The number of hydrogen-bond donors (Lipinski definition) is 1. The van der Waals surface area contributed by atoms with Gasteiger partial charge in [0.2, 0.25) is 0 Å². The molecule has 0 aliphatic carbocycles. The molecule has 2 aliphatic heterocycles. The van der Waals surface area contributed by atoms with Crippen LogP contribution in [-0.4, -0.2) is 60.4 Å². The number of hydrogen-bond acceptors (Lipinski definition) is 3. The Morgan fingerprint density at radius 2 is 2.27 bits per heavy atom. The third kappa shape index (κ3) is 1.74. The van der Waals surface area contributed by atoms with E-state index in [4.69, 9.17) is 0 Å². The standard InChI is InChI=1S/C10H15N3O2/c1-2-4-12-7-8-6-11-3-5-13(8)10(15)9(12)14/h2,8,11H,1,3-7H2. The Bertz CT molecular complexity index is 303. The number of nitrogens with zero attached hydrogens (tertiary/aromatic N) is 2. The van der Waals surface area contributed by atoms with Gasteiger partial charge < -0.3 is 15.1 Å². The van der Waals surface area contributed by atoms with Crippen molar-refractivity contribution in [1.82, 2.24) is 15.1 Å². The average Bonchev–Trinajstić information content (AvgIpc) is 2.26. The molecule has 2 amide bonds. The number of carbonyl (C=O) groups excluding carboxylic acids is 2. The van der Waals surface area contributed by atoms with Gasteiger partial charge in [-0.15, -0.1) is 6.58 Å². The molecule has 1 atom stereocenters. The maximum Gasteiger partial charge on any atom is 0.312 e. The van der Waals surface area contributed by atoms with Crippen molar-refractivity contribution in [3.63, 3.8) is 0 Å². The topological polar surface area (TPSA) is 52.6 Å². The zero-order chi connectivity index (χ0) is 10.8. The summed E-state index contributed by atoms with van der Waals surface area (Å²) in [6.45, 7) is 6.83. The van der Waals surface area contributed by atoms with Gasteiger partial charge in [0.1, 0.15) is 0 Å². The first-order valence-corrected chi connectivity index (χ1v) is 5.15. The zero-order valence-electron chi connectivity index (χ0n) is 8.61. The molecule has 2 saturated heterocycles. The predicted octanol–water partition coefficient (Wildman–Crippen LogP) is -1.18. The highest BCUT2D eigenvalue weighted by atomic mass is 16.2. The Hall–Kier alpha value is -1.36. The van der Waals surface area contributed by atoms with Gasteiger partial charge >= 0.3 is 11.8 Å². The Morgan fingerprint density at radius 1 is 1.47 bits per heavy atom. The summed E-state index contributed by atoms with van der Waals surface area (Å²) in [4.78, 5) is 26.6. The third-order valence-electron chi connectivity index (χ3n) is 2.86. The number of rotatable bonds is 2. The minimum Gasteiger partial charge on any atom is -0.329 e. The van der Waals surface area contributed by atoms with Gasteiger partial charge in [-0.2, -0.15) is 0 Å². The van der Waals surface area contributed by atoms with Crippen molar-refractivity contribution in [3.8, 4) is 0 Å². The molecular formula is C10H15N3O2. The van der Waals surface area contributed by atoms with Crippen LogP contribution in [0.3, 0.4) is 0 Å². The number of carbonyl (C=O) groups is 2. The quantitative estimate of drug-likeness (QED) is 0.460. The van der Waals surface area contributed by atoms with Crippen molar-refractivity contribution < 1.29 is 9.59 Å². The molecule has 0 spiro atoms. The average molecular weight is 209 g/mol. The minimum atomic E-state index is -0.395. The molecule has 1 N–H and O–H groups in total. The lowest BCUT2D eigenvalue weighted by molar-refractivity contribution is -0.159. The van der Waals surface area contributed by atoms with Crippen LogP contribution in [0.25, 0.3) is 0 Å². The lowest BCUT2D eigenvalue weighted by atomic mass is 10.1. The molecule has 5 heteroatoms. The molecule has 2 rings (SSSR count). The van der Waals surface area contributed by atoms with E-state index < -0.39 is 5.91 Å². The normalized spacial score (nSPS) is 26.5. The van der Waals surface area contributed by atoms with E-state index in [1.165, 1.54) is 0 Å². The van der Waals surface area contributed by atoms with Crippen molar-refractivity contribution in [1.29, 1.82) is 0 Å². The van der Waals surface area contributed by atoms with Crippen molar-refractivity contribution in [2.24, 2.45) is 0 Å². The molecule has 0 saturated carbocycles. The molecule has 82 valence electrons. The molecule has 2 fully saturated rings. The SMILES string of the molecule is C=CCN1CC2CNCCN2C(=O)C1=O. The van der Waals surface area contributed by atoms with E-state index in [-0.39, 0.29) is 11.9 Å². The largest absolute Gasteiger partial charge is 0.329 e. The second-order valence-electron chi connectivity index (χ2n) is 3.86. The fraction of sp³-hybridized carbons (Fsp3) is 0.600. The first-order valence-electron chi connectivity index (χ1n) is 5.15. The number of nitrogens with one attached hydrogen (secondary N) is 1. The van der Waals surface area contributed by atoms with Crippen LogP contribution in [-0.2, 0) is 9.59 Å². The second-order valence-corrected chi connectivity index (χ2v) is 3.86. The highest BCUT2D eigenvalue weighted by Gasteiger charge is 2.39. The van der Waals surface area contributed by atoms with Crippen molar-refractivity contribution >= 4 is 11.8 Å². The van der Waals surface area contributed by atoms with E-state index in [1.807, 2.05) is 0 Å². The van der Waals surface area contributed by atoms with Gasteiger partial charge in [0.25, 0.3) is 0 Å². The Morgan fingerprint density at radius 3 is 3.00 bits per heavy atom. The van der Waals surface area contributed by atoms with Crippen LogP contribution in [0.2, 0.25) is 0 Å². The van der Waals surface area contributed by atoms with Gasteiger partial charge in [-0.05, 0) is 0 Å². The van der Waals surface area contributed by atoms with Crippen molar-refractivity contribution in [3.05, 3.63) is 12.7 Å². The first kappa shape index (κ1) is 10.2. The van der Waals surface area contributed by atoms with Crippen LogP contribution in [0.4, 0.5) is 0 Å². The molecule has 5 nitrogen and oxygen atoms in total. The van der Waals surface area contributed by atoms with E-state index in [0.29, 0.717) is 19.6 Å². The van der Waals surface area contributed by atoms with Gasteiger partial charge in [0.05, 0.1) is 6.04 Å². The monoisotopic (exact) mass is 209 g/mol. The molecule has 0 aromatic heterocycles. The van der Waals surface area contributed by atoms with Crippen LogP contribution in [0.1, 0.15) is 0 Å². The molecule has 1 unspecified atom stereocenters. The maximum atomic E-state index is 11.7. The lowest BCUT2D eigenvalue weighted by Crippen LogP contribution is -2.65. The molecule has 2 heterocycles. The predicted molar refractivity (Wildman–Crippen MR) is 55.1 cm³/mol. The van der Waals surface area contributed by atoms with Crippen LogP contribution >= 0.6 is 0 Å². The molecule has 0 aromatic carbocycles. The van der Waals surface area contributed by atoms with E-state index in [2.05, 4.69) is 11.9 Å². The van der Waals surface area contributed by atoms with Crippen LogP contribution < -0.4 is 5.32 Å². The van der Waals surface area contributed by atoms with Gasteiger partial charge in [-0.1, -0.05) is 6.08 Å². The van der Waals surface area contributed by atoms with Gasteiger partial charge in [-0.3, -0.25) is 9.59 Å². The fourth-order valence-corrected chi connectivity index (χ4v) is 2.10. The first-order chi connectivity index (χ1) is 7.24. The van der Waals surface area contributed by atoms with Crippen molar-refractivity contribution in [2.75, 3.05) is 32.7 Å². The summed E-state index contributed by atoms with van der Waals surface area (Å²) in [5, 5.41) is 3.22. The summed E-state index contributed by atoms with van der Waals surface area (Å²) >= 11 is 0. The lowest BCUT2D eigenvalue weighted by Gasteiger charge is -2.42. The van der Waals surface area contributed by atoms with E-state index >= 15 is 0 Å².